The molecule has 88 valence electrons. The molecule has 3 aliphatic rings. The number of phenolic OH excluding ortho intramolecular Hbond substituents is 1. The van der Waals surface area contributed by atoms with Gasteiger partial charge in [0.2, 0.25) is 0 Å². The van der Waals surface area contributed by atoms with Gasteiger partial charge in [0, 0.05) is 11.8 Å². The lowest BCUT2D eigenvalue weighted by Crippen LogP contribution is -2.32. The third kappa shape index (κ3) is 1.40. The van der Waals surface area contributed by atoms with Gasteiger partial charge in [0.15, 0.2) is 0 Å². The molecular weight excluding hydrogens is 212 g/mol. The molecule has 2 nitrogen and oxygen atoms in total. The molecule has 1 fully saturated rings. The Labute approximate surface area is 101 Å². The van der Waals surface area contributed by atoms with Gasteiger partial charge in [-0.15, -0.1) is 0 Å². The van der Waals surface area contributed by atoms with Gasteiger partial charge in [-0.3, -0.25) is 0 Å². The lowest BCUT2D eigenvalue weighted by molar-refractivity contribution is 0.253. The second-order valence-corrected chi connectivity index (χ2v) is 5.12. The van der Waals surface area contributed by atoms with Crippen molar-refractivity contribution >= 4 is 0 Å². The number of allylic oxidation sites excluding steroid dienone is 4. The predicted molar refractivity (Wildman–Crippen MR) is 67.1 cm³/mol. The van der Waals surface area contributed by atoms with E-state index >= 15 is 0 Å². The molecule has 2 unspecified atom stereocenters. The Balaban J connectivity index is 1.99. The number of rotatable bonds is 1. The third-order valence-electron chi connectivity index (χ3n) is 4.01. The van der Waals surface area contributed by atoms with Crippen LogP contribution in [0.25, 0.3) is 0 Å². The van der Waals surface area contributed by atoms with Crippen LogP contribution in [0.1, 0.15) is 30.4 Å². The summed E-state index contributed by atoms with van der Waals surface area (Å²) >= 11 is 0. The Hall–Kier alpha value is -1.70. The highest BCUT2D eigenvalue weighted by atomic mass is 16.3. The Kier molecular flexibility index (Phi) is 2.09. The number of aromatic hydroxyl groups is 1. The Morgan fingerprint density at radius 2 is 1.94 bits per heavy atom. The lowest BCUT2D eigenvalue weighted by atomic mass is 9.61. The van der Waals surface area contributed by atoms with E-state index in [2.05, 4.69) is 6.08 Å². The van der Waals surface area contributed by atoms with Crippen molar-refractivity contribution in [1.82, 2.24) is 0 Å². The fraction of sp³-hybridized carbons (Fsp3) is 0.333. The summed E-state index contributed by atoms with van der Waals surface area (Å²) in [7, 11) is 0. The normalized spacial score (nSPS) is 26.6. The van der Waals surface area contributed by atoms with Crippen molar-refractivity contribution in [3.05, 3.63) is 52.3 Å². The Morgan fingerprint density at radius 1 is 1.18 bits per heavy atom. The van der Waals surface area contributed by atoms with Crippen LogP contribution >= 0.6 is 0 Å². The van der Waals surface area contributed by atoms with E-state index in [9.17, 15) is 10.2 Å². The quantitative estimate of drug-likeness (QED) is 0.771. The summed E-state index contributed by atoms with van der Waals surface area (Å²) in [5.41, 5.74) is 4.36. The average molecular weight is 228 g/mol. The maximum atomic E-state index is 10.0. The second kappa shape index (κ2) is 3.39. The minimum atomic E-state index is 0.220. The summed E-state index contributed by atoms with van der Waals surface area (Å²) in [5.74, 6) is 1.35. The van der Waals surface area contributed by atoms with Crippen LogP contribution in [0.5, 0.6) is 5.75 Å². The van der Waals surface area contributed by atoms with E-state index in [-0.39, 0.29) is 11.8 Å². The molecule has 0 amide bonds. The van der Waals surface area contributed by atoms with Gasteiger partial charge < -0.3 is 10.2 Å². The van der Waals surface area contributed by atoms with Crippen LogP contribution in [0.3, 0.4) is 0 Å². The van der Waals surface area contributed by atoms with Crippen LogP contribution in [0.2, 0.25) is 0 Å². The van der Waals surface area contributed by atoms with Gasteiger partial charge in [-0.1, -0.05) is 23.8 Å². The maximum absolute atomic E-state index is 10.0. The first-order valence-electron chi connectivity index (χ1n) is 5.97. The minimum absolute atomic E-state index is 0.220. The first kappa shape index (κ1) is 10.5. The van der Waals surface area contributed by atoms with Gasteiger partial charge in [-0.25, -0.2) is 0 Å². The highest BCUT2D eigenvalue weighted by molar-refractivity contribution is 5.50. The van der Waals surface area contributed by atoms with E-state index in [0.29, 0.717) is 11.5 Å². The van der Waals surface area contributed by atoms with E-state index in [1.807, 2.05) is 32.0 Å². The number of aryl methyl sites for hydroxylation is 1. The number of aliphatic hydroxyl groups is 1. The largest absolute Gasteiger partial charge is 0.512 e. The van der Waals surface area contributed by atoms with E-state index in [4.69, 9.17) is 0 Å². The molecule has 2 N–H and O–H groups in total. The van der Waals surface area contributed by atoms with E-state index in [1.54, 1.807) is 0 Å². The van der Waals surface area contributed by atoms with Crippen LogP contribution in [0.4, 0.5) is 0 Å². The molecule has 2 bridgehead atoms. The zero-order chi connectivity index (χ0) is 12.2. The highest BCUT2D eigenvalue weighted by Gasteiger charge is 2.42. The molecule has 0 radical (unpaired) electrons. The fourth-order valence-corrected chi connectivity index (χ4v) is 2.91. The zero-order valence-electron chi connectivity index (χ0n) is 10.1. The maximum Gasteiger partial charge on any atom is 0.118 e. The van der Waals surface area contributed by atoms with Crippen molar-refractivity contribution in [2.24, 2.45) is 5.92 Å². The number of hydrogen-bond acceptors (Lipinski definition) is 2. The molecule has 0 aromatic heterocycles. The van der Waals surface area contributed by atoms with Gasteiger partial charge in [0.1, 0.15) is 5.75 Å². The number of aliphatic hydroxyl groups excluding tert-OH is 1. The summed E-state index contributed by atoms with van der Waals surface area (Å²) in [5, 5.41) is 19.8. The molecule has 3 aliphatic carbocycles. The number of fused-ring (bicyclic) bond motifs is 1. The van der Waals surface area contributed by atoms with Gasteiger partial charge in [0.05, 0.1) is 5.76 Å². The molecule has 2 heteroatoms. The summed E-state index contributed by atoms with van der Waals surface area (Å²) in [4.78, 5) is 0. The molecule has 0 saturated heterocycles. The highest BCUT2D eigenvalue weighted by Crippen LogP contribution is 2.54. The molecular formula is C15H16O2. The molecule has 1 aromatic carbocycles. The van der Waals surface area contributed by atoms with Crippen molar-refractivity contribution in [1.29, 1.82) is 0 Å². The lowest BCUT2D eigenvalue weighted by Gasteiger charge is -2.43. The van der Waals surface area contributed by atoms with Crippen LogP contribution in [-0.4, -0.2) is 10.2 Å². The number of benzene rings is 1. The van der Waals surface area contributed by atoms with E-state index in [1.165, 1.54) is 5.57 Å². The first-order valence-corrected chi connectivity index (χ1v) is 5.97. The van der Waals surface area contributed by atoms with Crippen LogP contribution in [0.15, 0.2) is 41.2 Å². The standard InChI is InChI=1S/C15H16O2/c1-8-3-4-10(7-13(8)16)14-11-5-9(2)15(17)12(14)6-11/h3-5,7,12,14,16-17H,6H2,1-2H3. The Morgan fingerprint density at radius 3 is 2.59 bits per heavy atom. The topological polar surface area (TPSA) is 40.5 Å². The molecule has 1 saturated carbocycles. The zero-order valence-corrected chi connectivity index (χ0v) is 10.1. The molecule has 0 aliphatic heterocycles. The smallest absolute Gasteiger partial charge is 0.118 e. The first-order chi connectivity index (χ1) is 8.08. The summed E-state index contributed by atoms with van der Waals surface area (Å²) in [6, 6.07) is 5.81. The van der Waals surface area contributed by atoms with Crippen molar-refractivity contribution in [2.45, 2.75) is 26.2 Å². The van der Waals surface area contributed by atoms with Crippen LogP contribution in [0, 0.1) is 12.8 Å². The van der Waals surface area contributed by atoms with Gasteiger partial charge in [-0.05, 0) is 43.0 Å². The van der Waals surface area contributed by atoms with Crippen molar-refractivity contribution < 1.29 is 10.2 Å². The molecule has 2 atom stereocenters. The predicted octanol–water partition coefficient (Wildman–Crippen LogP) is 3.58. The summed E-state index contributed by atoms with van der Waals surface area (Å²) in [6.07, 6.45) is 3.04. The van der Waals surface area contributed by atoms with Gasteiger partial charge >= 0.3 is 0 Å². The average Bonchev–Trinajstić information content (AvgIpc) is 2.26. The molecule has 17 heavy (non-hydrogen) atoms. The SMILES string of the molecule is CC1=C(O)C2CC(=C1)C2c1ccc(C)c(O)c1. The molecule has 0 heterocycles. The third-order valence-corrected chi connectivity index (χ3v) is 4.01. The molecule has 0 spiro atoms. The monoisotopic (exact) mass is 228 g/mol. The van der Waals surface area contributed by atoms with Crippen LogP contribution < -0.4 is 0 Å². The number of hydrogen-bond donors (Lipinski definition) is 2. The van der Waals surface area contributed by atoms with E-state index < -0.39 is 0 Å². The van der Waals surface area contributed by atoms with Gasteiger partial charge in [0.25, 0.3) is 0 Å². The second-order valence-electron chi connectivity index (χ2n) is 5.12. The van der Waals surface area contributed by atoms with Crippen LogP contribution in [-0.2, 0) is 0 Å². The minimum Gasteiger partial charge on any atom is -0.512 e. The van der Waals surface area contributed by atoms with Crippen molar-refractivity contribution in [3.63, 3.8) is 0 Å². The Bertz CT molecular complexity index is 552. The fourth-order valence-electron chi connectivity index (χ4n) is 2.91. The number of phenols is 1. The van der Waals surface area contributed by atoms with Crippen molar-refractivity contribution in [3.8, 4) is 5.75 Å². The van der Waals surface area contributed by atoms with Gasteiger partial charge in [-0.2, -0.15) is 0 Å². The summed E-state index contributed by atoms with van der Waals surface area (Å²) in [6.45, 7) is 3.84. The van der Waals surface area contributed by atoms with E-state index in [0.717, 1.165) is 23.1 Å². The molecule has 1 aromatic rings. The van der Waals surface area contributed by atoms with Crippen molar-refractivity contribution in [2.75, 3.05) is 0 Å². The molecule has 4 rings (SSSR count). The summed E-state index contributed by atoms with van der Waals surface area (Å²) < 4.78 is 0.